The van der Waals surface area contributed by atoms with Gasteiger partial charge in [-0.1, -0.05) is 153 Å². The third kappa shape index (κ3) is 8.14. The molecule has 6 heteroatoms. The molecule has 0 saturated carbocycles. The van der Waals surface area contributed by atoms with Crippen LogP contribution in [0.1, 0.15) is 102 Å². The lowest BCUT2D eigenvalue weighted by atomic mass is 9.80. The van der Waals surface area contributed by atoms with Gasteiger partial charge < -0.3 is 14.5 Å². The van der Waals surface area contributed by atoms with E-state index in [1.54, 1.807) is 12.1 Å². The number of ether oxygens (including phenoxy) is 1. The first kappa shape index (κ1) is 46.1. The number of aromatic nitrogens is 2. The van der Waals surface area contributed by atoms with Crippen LogP contribution in [0.15, 0.2) is 188 Å². The second-order valence-electron chi connectivity index (χ2n) is 23.1. The molecule has 8 aromatic carbocycles. The number of hydrogen-bond donors (Lipinski definition) is 0. The minimum atomic E-state index is -0.259. The van der Waals surface area contributed by atoms with E-state index >= 15 is 0 Å². The number of nitrogens with zero attached hydrogens (tertiary/aromatic N) is 4. The molecule has 0 atom stereocenters. The first-order valence-electron chi connectivity index (χ1n) is 25.6. The number of hydrogen-bond acceptors (Lipinski definition) is 4. The Morgan fingerprint density at radius 2 is 1.15 bits per heavy atom. The minimum absolute atomic E-state index is 0.0636. The summed E-state index contributed by atoms with van der Waals surface area (Å²) in [6.45, 7) is 20.9. The van der Waals surface area contributed by atoms with Crippen LogP contribution in [0, 0.1) is 5.82 Å². The summed E-state index contributed by atoms with van der Waals surface area (Å²) in [4.78, 5) is 9.78. The van der Waals surface area contributed by atoms with Gasteiger partial charge in [0.25, 0.3) is 0 Å². The summed E-state index contributed by atoms with van der Waals surface area (Å²) in [5, 5.41) is 2.30. The Morgan fingerprint density at radius 3 is 1.85 bits per heavy atom. The number of fused-ring (bicyclic) bond motifs is 7. The molecule has 0 radical (unpaired) electrons. The number of halogens is 1. The Kier molecular flexibility index (Phi) is 10.8. The Hall–Kier alpha value is -7.96. The highest BCUT2D eigenvalue weighted by atomic mass is 19.1. The molecule has 2 aliphatic rings. The predicted octanol–water partition coefficient (Wildman–Crippen LogP) is 18.1. The largest absolute Gasteiger partial charge is 0.457 e. The van der Waals surface area contributed by atoms with Gasteiger partial charge in [0, 0.05) is 52.0 Å². The number of rotatable bonds is 7. The SMILES string of the molecule is CC(C)(C)c1cc(N2CN(c3cccc(Oc4ccc5c6cc(C7c8ccccc8-c8ccccc87)ccc6n(-c6cc(C(C)(C)C)ccn6)c5c4)c3)c3cccc(-c4cccc(F)c4)c32)cc(C(C)(C)C)c1. The van der Waals surface area contributed by atoms with Crippen molar-refractivity contribution >= 4 is 44.6 Å². The van der Waals surface area contributed by atoms with Crippen LogP contribution in [0.3, 0.4) is 0 Å². The van der Waals surface area contributed by atoms with E-state index in [1.165, 1.54) is 56.0 Å². The third-order valence-electron chi connectivity index (χ3n) is 15.1. The zero-order valence-electron chi connectivity index (χ0n) is 43.3. The van der Waals surface area contributed by atoms with Gasteiger partial charge in [0.05, 0.1) is 22.4 Å². The van der Waals surface area contributed by atoms with Crippen molar-refractivity contribution in [3.8, 4) is 39.6 Å². The van der Waals surface area contributed by atoms with Crippen molar-refractivity contribution in [2.75, 3.05) is 16.5 Å². The molecule has 1 aliphatic heterocycles. The molecule has 2 aromatic heterocycles. The zero-order chi connectivity index (χ0) is 50.6. The zero-order valence-corrected chi connectivity index (χ0v) is 43.3. The van der Waals surface area contributed by atoms with Crippen LogP contribution >= 0.6 is 0 Å². The van der Waals surface area contributed by atoms with E-state index in [9.17, 15) is 4.39 Å². The van der Waals surface area contributed by atoms with Crippen molar-refractivity contribution < 1.29 is 9.13 Å². The molecule has 0 fully saturated rings. The highest BCUT2D eigenvalue weighted by Gasteiger charge is 2.34. The lowest BCUT2D eigenvalue weighted by Gasteiger charge is -2.30. The maximum atomic E-state index is 15.0. The Morgan fingerprint density at radius 1 is 0.493 bits per heavy atom. The van der Waals surface area contributed by atoms with Crippen LogP contribution in [0.5, 0.6) is 11.5 Å². The van der Waals surface area contributed by atoms with E-state index in [4.69, 9.17) is 9.72 Å². The monoisotopic (exact) mass is 956 g/mol. The smallest absolute Gasteiger partial charge is 0.137 e. The Labute approximate surface area is 429 Å². The Balaban J connectivity index is 0.960. The third-order valence-corrected chi connectivity index (χ3v) is 15.1. The van der Waals surface area contributed by atoms with Crippen LogP contribution in [0.2, 0.25) is 0 Å². The molecule has 1 aliphatic carbocycles. The second kappa shape index (κ2) is 17.1. The summed E-state index contributed by atoms with van der Waals surface area (Å²) in [6.07, 6.45) is 1.93. The summed E-state index contributed by atoms with van der Waals surface area (Å²) in [6, 6.07) is 64.2. The van der Waals surface area contributed by atoms with Gasteiger partial charge in [-0.25, -0.2) is 9.37 Å². The first-order chi connectivity index (χ1) is 35.0. The molecule has 5 nitrogen and oxygen atoms in total. The molecule has 73 heavy (non-hydrogen) atoms. The maximum absolute atomic E-state index is 15.0. The summed E-state index contributed by atoms with van der Waals surface area (Å²) in [7, 11) is 0. The highest BCUT2D eigenvalue weighted by molar-refractivity contribution is 6.10. The Bertz CT molecular complexity index is 3730. The molecule has 362 valence electrons. The normalized spacial score (nSPS) is 13.7. The minimum Gasteiger partial charge on any atom is -0.457 e. The van der Waals surface area contributed by atoms with Gasteiger partial charge in [0.15, 0.2) is 0 Å². The van der Waals surface area contributed by atoms with Crippen molar-refractivity contribution in [1.29, 1.82) is 0 Å². The first-order valence-corrected chi connectivity index (χ1v) is 25.6. The van der Waals surface area contributed by atoms with Crippen LogP contribution in [-0.4, -0.2) is 16.2 Å². The van der Waals surface area contributed by atoms with Crippen LogP contribution in [0.25, 0.3) is 49.9 Å². The fraction of sp³-hybridized carbons (Fsp3) is 0.209. The predicted molar refractivity (Wildman–Crippen MR) is 301 cm³/mol. The molecule has 10 aromatic rings. The lowest BCUT2D eigenvalue weighted by Crippen LogP contribution is -2.25. The van der Waals surface area contributed by atoms with E-state index < -0.39 is 0 Å². The lowest BCUT2D eigenvalue weighted by molar-refractivity contribution is 0.483. The summed E-state index contributed by atoms with van der Waals surface area (Å²) < 4.78 is 24.2. The summed E-state index contributed by atoms with van der Waals surface area (Å²) >= 11 is 0. The van der Waals surface area contributed by atoms with Crippen molar-refractivity contribution in [3.63, 3.8) is 0 Å². The van der Waals surface area contributed by atoms with Crippen LogP contribution in [0.4, 0.5) is 27.1 Å². The van der Waals surface area contributed by atoms with Crippen LogP contribution in [-0.2, 0) is 16.2 Å². The van der Waals surface area contributed by atoms with Crippen molar-refractivity contribution in [1.82, 2.24) is 9.55 Å². The number of para-hydroxylation sites is 1. The van der Waals surface area contributed by atoms with Gasteiger partial charge in [-0.15, -0.1) is 0 Å². The van der Waals surface area contributed by atoms with Gasteiger partial charge >= 0.3 is 0 Å². The van der Waals surface area contributed by atoms with Gasteiger partial charge in [-0.05, 0) is 145 Å². The van der Waals surface area contributed by atoms with E-state index in [-0.39, 0.29) is 28.0 Å². The van der Waals surface area contributed by atoms with Gasteiger partial charge in [0.2, 0.25) is 0 Å². The molecule has 0 unspecified atom stereocenters. The van der Waals surface area contributed by atoms with Gasteiger partial charge in [-0.3, -0.25) is 4.57 Å². The quantitative estimate of drug-likeness (QED) is 0.159. The van der Waals surface area contributed by atoms with Crippen LogP contribution < -0.4 is 14.5 Å². The average Bonchev–Trinajstić information content (AvgIpc) is 4.04. The fourth-order valence-electron chi connectivity index (χ4n) is 11.2. The fourth-order valence-corrected chi connectivity index (χ4v) is 11.2. The molecule has 0 N–H and O–H groups in total. The van der Waals surface area contributed by atoms with Crippen molar-refractivity contribution in [3.05, 3.63) is 227 Å². The number of pyridine rings is 1. The summed E-state index contributed by atoms with van der Waals surface area (Å²) in [5.74, 6) is 2.19. The molecule has 3 heterocycles. The number of anilines is 4. The van der Waals surface area contributed by atoms with E-state index in [2.05, 4.69) is 228 Å². The molecular formula is C67H61FN4O. The topological polar surface area (TPSA) is 33.5 Å². The molecule has 0 spiro atoms. The van der Waals surface area contributed by atoms with Gasteiger partial charge in [0.1, 0.15) is 29.8 Å². The average molecular weight is 957 g/mol. The van der Waals surface area contributed by atoms with Crippen molar-refractivity contribution in [2.45, 2.75) is 84.5 Å². The molecule has 0 amide bonds. The molecular weight excluding hydrogens is 896 g/mol. The summed E-state index contributed by atoms with van der Waals surface area (Å²) in [5.41, 5.74) is 18.2. The van der Waals surface area contributed by atoms with E-state index in [0.29, 0.717) is 6.67 Å². The maximum Gasteiger partial charge on any atom is 0.137 e. The standard InChI is InChI=1S/C67H61FN4O/c1-65(2,3)44-31-32-69-62(38-44)72-59-30-27-43(63-56-23-12-10-21-53(56)54-22-11-13-24-57(54)63)34-58(59)55-29-28-51(40-61(55)72)73-50-20-15-19-48(39-50)70-41-71(49-36-45(66(4,5)6)35-46(37-49)67(7,8)9)64-52(25-16-26-60(64)70)42-17-14-18-47(68)33-42/h10-40,63H,41H2,1-9H3. The van der Waals surface area contributed by atoms with E-state index in [1.807, 2.05) is 18.3 Å². The molecule has 12 rings (SSSR count). The highest BCUT2D eigenvalue weighted by Crippen LogP contribution is 2.52. The second-order valence-corrected chi connectivity index (χ2v) is 23.1. The molecule has 0 saturated heterocycles. The van der Waals surface area contributed by atoms with Crippen molar-refractivity contribution in [2.24, 2.45) is 0 Å². The van der Waals surface area contributed by atoms with Gasteiger partial charge in [-0.2, -0.15) is 0 Å². The number of benzene rings is 8. The molecule has 0 bridgehead atoms. The van der Waals surface area contributed by atoms with E-state index in [0.717, 1.165) is 67.6 Å².